The van der Waals surface area contributed by atoms with Crippen LogP contribution in [-0.2, 0) is 4.79 Å². The second kappa shape index (κ2) is 7.39. The molecule has 5 rings (SSSR count). The van der Waals surface area contributed by atoms with E-state index in [2.05, 4.69) is 26.4 Å². The van der Waals surface area contributed by atoms with Crippen LogP contribution in [0.4, 0.5) is 5.13 Å². The number of carbonyl (C=O) groups is 1. The van der Waals surface area contributed by atoms with Crippen LogP contribution in [0.15, 0.2) is 17.5 Å². The van der Waals surface area contributed by atoms with Crippen LogP contribution in [0, 0.1) is 11.4 Å². The maximum absolute atomic E-state index is 12.5. The van der Waals surface area contributed by atoms with E-state index in [1.165, 1.54) is 49.8 Å². The molecule has 3 aliphatic carbocycles. The first-order valence-electron chi connectivity index (χ1n) is 10.4. The summed E-state index contributed by atoms with van der Waals surface area (Å²) in [4.78, 5) is 18.7. The molecule has 3 aliphatic rings. The number of nitrogens with one attached hydrogen (secondary N) is 2. The topological polar surface area (TPSA) is 96.0 Å². The van der Waals surface area contributed by atoms with E-state index in [-0.39, 0.29) is 17.9 Å². The van der Waals surface area contributed by atoms with Crippen LogP contribution in [0.1, 0.15) is 74.6 Å². The zero-order chi connectivity index (χ0) is 19.1. The monoisotopic (exact) mass is 398 g/mol. The third-order valence-electron chi connectivity index (χ3n) is 6.32. The Morgan fingerprint density at radius 2 is 2.00 bits per heavy atom. The fourth-order valence-electron chi connectivity index (χ4n) is 4.35. The van der Waals surface area contributed by atoms with Crippen LogP contribution < -0.4 is 5.32 Å². The van der Waals surface area contributed by atoms with Gasteiger partial charge in [-0.1, -0.05) is 19.3 Å². The van der Waals surface area contributed by atoms with E-state index in [0.29, 0.717) is 29.9 Å². The van der Waals surface area contributed by atoms with Crippen molar-refractivity contribution in [2.45, 2.75) is 75.8 Å². The minimum Gasteiger partial charge on any atom is -0.302 e. The van der Waals surface area contributed by atoms with Gasteiger partial charge in [-0.25, -0.2) is 10.5 Å². The summed E-state index contributed by atoms with van der Waals surface area (Å²) in [6.45, 7) is 0. The van der Waals surface area contributed by atoms with E-state index < -0.39 is 0 Å². The highest BCUT2D eigenvalue weighted by Crippen LogP contribution is 2.44. The Morgan fingerprint density at radius 1 is 1.21 bits per heavy atom. The van der Waals surface area contributed by atoms with Crippen LogP contribution in [0.2, 0.25) is 0 Å². The molecule has 2 heterocycles. The van der Waals surface area contributed by atoms with E-state index in [0.717, 1.165) is 11.3 Å². The SMILES string of the molecule is N=NC1CC(C(=O)Nc2nc(-c3cnn(C4CC4)c3)c(C3CCCCC3)s2)C1. The normalized spacial score (nSPS) is 25.3. The second-order valence-electron chi connectivity index (χ2n) is 8.45. The molecule has 3 fully saturated rings. The molecule has 1 amide bonds. The molecule has 0 aromatic carbocycles. The third-order valence-corrected chi connectivity index (χ3v) is 7.46. The lowest BCUT2D eigenvalue weighted by molar-refractivity contribution is -0.122. The Labute approximate surface area is 168 Å². The molecule has 8 heteroatoms. The van der Waals surface area contributed by atoms with Gasteiger partial charge in [0.1, 0.15) is 0 Å². The minimum absolute atomic E-state index is 0.0177. The number of anilines is 1. The number of hydrogen-bond donors (Lipinski definition) is 2. The Kier molecular flexibility index (Phi) is 4.74. The molecule has 0 aliphatic heterocycles. The van der Waals surface area contributed by atoms with Crippen molar-refractivity contribution >= 4 is 22.4 Å². The molecule has 7 nitrogen and oxygen atoms in total. The lowest BCUT2D eigenvalue weighted by atomic mass is 9.80. The fraction of sp³-hybridized carbons (Fsp3) is 0.650. The molecular weight excluding hydrogens is 372 g/mol. The van der Waals surface area contributed by atoms with Gasteiger partial charge < -0.3 is 5.32 Å². The van der Waals surface area contributed by atoms with Gasteiger partial charge >= 0.3 is 0 Å². The van der Waals surface area contributed by atoms with Crippen LogP contribution in [-0.4, -0.2) is 26.7 Å². The molecule has 28 heavy (non-hydrogen) atoms. The van der Waals surface area contributed by atoms with Gasteiger partial charge in [0.2, 0.25) is 5.91 Å². The van der Waals surface area contributed by atoms with E-state index in [1.807, 2.05) is 6.20 Å². The molecule has 0 atom stereocenters. The molecule has 2 N–H and O–H groups in total. The summed E-state index contributed by atoms with van der Waals surface area (Å²) < 4.78 is 2.07. The number of nitrogens with zero attached hydrogens (tertiary/aromatic N) is 4. The molecule has 0 spiro atoms. The molecule has 3 saturated carbocycles. The first-order valence-corrected chi connectivity index (χ1v) is 11.3. The Hall–Kier alpha value is -2.09. The maximum Gasteiger partial charge on any atom is 0.229 e. The summed E-state index contributed by atoms with van der Waals surface area (Å²) in [6, 6.07) is 0.576. The largest absolute Gasteiger partial charge is 0.302 e. The highest BCUT2D eigenvalue weighted by atomic mass is 32.1. The van der Waals surface area contributed by atoms with E-state index >= 15 is 0 Å². The molecular formula is C20H26N6OS. The maximum atomic E-state index is 12.5. The third kappa shape index (κ3) is 3.50. The number of rotatable bonds is 6. The van der Waals surface area contributed by atoms with Gasteiger partial charge in [0.15, 0.2) is 5.13 Å². The van der Waals surface area contributed by atoms with Gasteiger partial charge in [0.05, 0.1) is 24.0 Å². The summed E-state index contributed by atoms with van der Waals surface area (Å²) >= 11 is 1.64. The Bertz CT molecular complexity index is 873. The molecule has 0 radical (unpaired) electrons. The van der Waals surface area contributed by atoms with Crippen molar-refractivity contribution in [1.29, 1.82) is 5.53 Å². The van der Waals surface area contributed by atoms with Crippen molar-refractivity contribution in [2.24, 2.45) is 11.0 Å². The first-order chi connectivity index (χ1) is 13.7. The standard InChI is InChI=1S/C20H26N6OS/c21-25-15-8-13(9-15)19(27)24-20-23-17(14-10-22-26(11-14)16-6-7-16)18(28-20)12-4-2-1-3-5-12/h10-13,15-16,21H,1-9H2,(H,23,24,27). The average Bonchev–Trinajstić information content (AvgIpc) is 3.25. The second-order valence-corrected chi connectivity index (χ2v) is 9.48. The number of thiazole rings is 1. The molecule has 0 unspecified atom stereocenters. The highest BCUT2D eigenvalue weighted by Gasteiger charge is 2.35. The summed E-state index contributed by atoms with van der Waals surface area (Å²) in [5, 5.41) is 11.8. The van der Waals surface area contributed by atoms with Crippen molar-refractivity contribution in [3.05, 3.63) is 17.3 Å². The smallest absolute Gasteiger partial charge is 0.229 e. The van der Waals surface area contributed by atoms with Gasteiger partial charge in [-0.15, -0.1) is 11.3 Å². The van der Waals surface area contributed by atoms with Crippen molar-refractivity contribution in [3.63, 3.8) is 0 Å². The van der Waals surface area contributed by atoms with Gasteiger partial charge in [0, 0.05) is 22.6 Å². The molecule has 2 aromatic heterocycles. The average molecular weight is 399 g/mol. The summed E-state index contributed by atoms with van der Waals surface area (Å²) in [5.74, 6) is 0.512. The fourth-order valence-corrected chi connectivity index (χ4v) is 5.51. The predicted molar refractivity (Wildman–Crippen MR) is 108 cm³/mol. The predicted octanol–water partition coefficient (Wildman–Crippen LogP) is 5.14. The van der Waals surface area contributed by atoms with Gasteiger partial charge in [0.25, 0.3) is 0 Å². The van der Waals surface area contributed by atoms with Gasteiger partial charge in [-0.2, -0.15) is 10.2 Å². The zero-order valence-electron chi connectivity index (χ0n) is 15.9. The molecule has 0 saturated heterocycles. The van der Waals surface area contributed by atoms with Crippen molar-refractivity contribution in [2.75, 3.05) is 5.32 Å². The van der Waals surface area contributed by atoms with Crippen molar-refractivity contribution in [1.82, 2.24) is 14.8 Å². The lowest BCUT2D eigenvalue weighted by Crippen LogP contribution is -2.36. The van der Waals surface area contributed by atoms with Crippen LogP contribution in [0.5, 0.6) is 0 Å². The van der Waals surface area contributed by atoms with E-state index in [9.17, 15) is 4.79 Å². The number of aromatic nitrogens is 3. The quantitative estimate of drug-likeness (QED) is 0.660. The van der Waals surface area contributed by atoms with Gasteiger partial charge in [-0.05, 0) is 44.4 Å². The summed E-state index contributed by atoms with van der Waals surface area (Å²) in [7, 11) is 0. The molecule has 148 valence electrons. The minimum atomic E-state index is -0.0396. The van der Waals surface area contributed by atoms with E-state index in [4.69, 9.17) is 10.5 Å². The summed E-state index contributed by atoms with van der Waals surface area (Å²) in [5.41, 5.74) is 9.14. The summed E-state index contributed by atoms with van der Waals surface area (Å²) in [6.07, 6.45) is 14.1. The highest BCUT2D eigenvalue weighted by molar-refractivity contribution is 7.16. The van der Waals surface area contributed by atoms with Crippen LogP contribution in [0.25, 0.3) is 11.3 Å². The lowest BCUT2D eigenvalue weighted by Gasteiger charge is -2.29. The first kappa shape index (κ1) is 18.0. The number of amides is 1. The number of carbonyl (C=O) groups excluding carboxylic acids is 1. The van der Waals surface area contributed by atoms with Crippen LogP contribution >= 0.6 is 11.3 Å². The van der Waals surface area contributed by atoms with Gasteiger partial charge in [-0.3, -0.25) is 9.48 Å². The Balaban J connectivity index is 1.39. The zero-order valence-corrected chi connectivity index (χ0v) is 16.7. The number of hydrogen-bond acceptors (Lipinski definition) is 6. The Morgan fingerprint density at radius 3 is 2.71 bits per heavy atom. The molecule has 2 aromatic rings. The molecule has 0 bridgehead atoms. The van der Waals surface area contributed by atoms with E-state index in [1.54, 1.807) is 11.3 Å². The van der Waals surface area contributed by atoms with Crippen molar-refractivity contribution in [3.8, 4) is 11.3 Å². The van der Waals surface area contributed by atoms with Crippen molar-refractivity contribution < 1.29 is 4.79 Å². The van der Waals surface area contributed by atoms with Crippen LogP contribution in [0.3, 0.4) is 0 Å².